The van der Waals surface area contributed by atoms with E-state index in [0.717, 1.165) is 0 Å². The Morgan fingerprint density at radius 3 is 2.67 bits per heavy atom. The fraction of sp³-hybridized carbons (Fsp3) is 0.500. The van der Waals surface area contributed by atoms with Gasteiger partial charge in [0.2, 0.25) is 0 Å². The number of hydrogen-bond donors (Lipinski definition) is 1. The molecule has 0 spiro atoms. The second-order valence-corrected chi connectivity index (χ2v) is 1.54. The first-order chi connectivity index (χ1) is 3.83. The lowest BCUT2D eigenvalue weighted by molar-refractivity contribution is 0.742. The highest BCUT2D eigenvalue weighted by molar-refractivity contribution is 5.85. The largest absolute Gasteiger partial charge is 0.324 e. The monoisotopic (exact) mass is 148 g/mol. The standard InChI is InChI=1S/C4H8N4.ClH/c1-8-3-6-4(2-5)7-8;/h3H,2,5H2,1H3;1H. The number of nitrogens with zero attached hydrogens (tertiary/aromatic N) is 3. The van der Waals surface area contributed by atoms with Crippen LogP contribution in [0, 0.1) is 0 Å². The van der Waals surface area contributed by atoms with Gasteiger partial charge in [-0.1, -0.05) is 0 Å². The number of aryl methyl sites for hydroxylation is 1. The van der Waals surface area contributed by atoms with Gasteiger partial charge in [-0.3, -0.25) is 4.68 Å². The van der Waals surface area contributed by atoms with Gasteiger partial charge < -0.3 is 5.73 Å². The SMILES string of the molecule is Cl.Cn1cnc(CN)n1. The van der Waals surface area contributed by atoms with Crippen molar-refractivity contribution in [2.45, 2.75) is 6.54 Å². The fourth-order valence-corrected chi connectivity index (χ4v) is 0.477. The van der Waals surface area contributed by atoms with Gasteiger partial charge in [0.1, 0.15) is 6.33 Å². The Morgan fingerprint density at radius 2 is 2.44 bits per heavy atom. The molecular weight excluding hydrogens is 140 g/mol. The average Bonchev–Trinajstić information content (AvgIpc) is 2.14. The molecule has 9 heavy (non-hydrogen) atoms. The summed E-state index contributed by atoms with van der Waals surface area (Å²) >= 11 is 0. The molecule has 0 aromatic carbocycles. The van der Waals surface area contributed by atoms with Crippen LogP contribution in [0.15, 0.2) is 6.33 Å². The van der Waals surface area contributed by atoms with Crippen molar-refractivity contribution in [1.29, 1.82) is 0 Å². The molecule has 1 aromatic heterocycles. The highest BCUT2D eigenvalue weighted by Crippen LogP contribution is 1.81. The summed E-state index contributed by atoms with van der Waals surface area (Å²) < 4.78 is 1.63. The van der Waals surface area contributed by atoms with Gasteiger partial charge in [0, 0.05) is 7.05 Å². The first-order valence-corrected chi connectivity index (χ1v) is 2.37. The Hall–Kier alpha value is -0.610. The molecular formula is C4H9ClN4. The summed E-state index contributed by atoms with van der Waals surface area (Å²) in [6, 6.07) is 0. The zero-order valence-corrected chi connectivity index (χ0v) is 5.93. The van der Waals surface area contributed by atoms with Crippen LogP contribution in [0.3, 0.4) is 0 Å². The van der Waals surface area contributed by atoms with Gasteiger partial charge in [-0.05, 0) is 0 Å². The maximum absolute atomic E-state index is 5.22. The third-order valence-electron chi connectivity index (χ3n) is 0.830. The van der Waals surface area contributed by atoms with Crippen LogP contribution < -0.4 is 5.73 Å². The van der Waals surface area contributed by atoms with E-state index < -0.39 is 0 Å². The van der Waals surface area contributed by atoms with Crippen molar-refractivity contribution in [2.24, 2.45) is 12.8 Å². The van der Waals surface area contributed by atoms with E-state index in [9.17, 15) is 0 Å². The van der Waals surface area contributed by atoms with Gasteiger partial charge in [0.25, 0.3) is 0 Å². The van der Waals surface area contributed by atoms with Crippen LogP contribution in [0.25, 0.3) is 0 Å². The quantitative estimate of drug-likeness (QED) is 0.595. The lowest BCUT2D eigenvalue weighted by Gasteiger charge is -1.81. The van der Waals surface area contributed by atoms with Crippen molar-refractivity contribution in [3.05, 3.63) is 12.2 Å². The number of hydrogen-bond acceptors (Lipinski definition) is 3. The topological polar surface area (TPSA) is 56.7 Å². The van der Waals surface area contributed by atoms with E-state index in [-0.39, 0.29) is 12.4 Å². The molecule has 0 aliphatic carbocycles. The normalized spacial score (nSPS) is 8.67. The maximum atomic E-state index is 5.22. The van der Waals surface area contributed by atoms with Crippen LogP contribution in [-0.4, -0.2) is 14.8 Å². The maximum Gasteiger partial charge on any atom is 0.164 e. The van der Waals surface area contributed by atoms with E-state index in [1.54, 1.807) is 11.0 Å². The van der Waals surface area contributed by atoms with Crippen molar-refractivity contribution >= 4 is 12.4 Å². The van der Waals surface area contributed by atoms with Crippen LogP contribution in [0.2, 0.25) is 0 Å². The predicted molar refractivity (Wildman–Crippen MR) is 36.1 cm³/mol. The molecule has 1 heterocycles. The summed E-state index contributed by atoms with van der Waals surface area (Å²) in [7, 11) is 1.81. The van der Waals surface area contributed by atoms with Crippen molar-refractivity contribution in [1.82, 2.24) is 14.8 Å². The van der Waals surface area contributed by atoms with E-state index in [1.165, 1.54) is 0 Å². The van der Waals surface area contributed by atoms with Gasteiger partial charge in [0.05, 0.1) is 6.54 Å². The predicted octanol–water partition coefficient (Wildman–Crippen LogP) is -0.304. The average molecular weight is 149 g/mol. The first kappa shape index (κ1) is 8.39. The van der Waals surface area contributed by atoms with E-state index in [2.05, 4.69) is 10.1 Å². The minimum atomic E-state index is 0. The molecule has 4 nitrogen and oxygen atoms in total. The molecule has 0 radical (unpaired) electrons. The Bertz CT molecular complexity index is 173. The second-order valence-electron chi connectivity index (χ2n) is 1.54. The first-order valence-electron chi connectivity index (χ1n) is 2.37. The molecule has 1 aromatic rings. The summed E-state index contributed by atoms with van der Waals surface area (Å²) in [6.07, 6.45) is 1.63. The summed E-state index contributed by atoms with van der Waals surface area (Å²) in [6.45, 7) is 0.418. The second kappa shape index (κ2) is 3.42. The molecule has 0 unspecified atom stereocenters. The minimum absolute atomic E-state index is 0. The molecule has 0 bridgehead atoms. The van der Waals surface area contributed by atoms with E-state index >= 15 is 0 Å². The zero-order chi connectivity index (χ0) is 5.98. The smallest absolute Gasteiger partial charge is 0.164 e. The van der Waals surface area contributed by atoms with E-state index in [0.29, 0.717) is 12.4 Å². The van der Waals surface area contributed by atoms with Crippen LogP contribution in [0.4, 0.5) is 0 Å². The molecule has 0 aliphatic rings. The summed E-state index contributed by atoms with van der Waals surface area (Å²) in [5.74, 6) is 0.688. The minimum Gasteiger partial charge on any atom is -0.324 e. The van der Waals surface area contributed by atoms with Gasteiger partial charge in [-0.25, -0.2) is 4.98 Å². The lowest BCUT2D eigenvalue weighted by Crippen LogP contribution is -1.99. The van der Waals surface area contributed by atoms with Crippen molar-refractivity contribution in [3.8, 4) is 0 Å². The summed E-state index contributed by atoms with van der Waals surface area (Å²) in [4.78, 5) is 3.86. The van der Waals surface area contributed by atoms with Gasteiger partial charge >= 0.3 is 0 Å². The van der Waals surface area contributed by atoms with Crippen molar-refractivity contribution < 1.29 is 0 Å². The van der Waals surface area contributed by atoms with Crippen LogP contribution in [0.1, 0.15) is 5.82 Å². The zero-order valence-electron chi connectivity index (χ0n) is 5.11. The van der Waals surface area contributed by atoms with Crippen LogP contribution in [-0.2, 0) is 13.6 Å². The molecule has 0 fully saturated rings. The lowest BCUT2D eigenvalue weighted by atomic mass is 10.6. The Labute approximate surface area is 59.5 Å². The Balaban J connectivity index is 0.000000640. The van der Waals surface area contributed by atoms with E-state index in [1.807, 2.05) is 7.05 Å². The van der Waals surface area contributed by atoms with E-state index in [4.69, 9.17) is 5.73 Å². The highest BCUT2D eigenvalue weighted by Gasteiger charge is 1.90. The van der Waals surface area contributed by atoms with Gasteiger partial charge in [0.15, 0.2) is 5.82 Å². The Kier molecular flexibility index (Phi) is 3.19. The summed E-state index contributed by atoms with van der Waals surface area (Å²) in [5.41, 5.74) is 5.22. The summed E-state index contributed by atoms with van der Waals surface area (Å²) in [5, 5.41) is 3.91. The van der Waals surface area contributed by atoms with Gasteiger partial charge in [-0.2, -0.15) is 5.10 Å². The molecule has 1 rings (SSSR count). The molecule has 0 saturated heterocycles. The number of rotatable bonds is 1. The third-order valence-corrected chi connectivity index (χ3v) is 0.830. The Morgan fingerprint density at radius 1 is 1.78 bits per heavy atom. The molecule has 0 saturated carbocycles. The number of nitrogens with two attached hydrogens (primary N) is 1. The molecule has 2 N–H and O–H groups in total. The van der Waals surface area contributed by atoms with Crippen LogP contribution >= 0.6 is 12.4 Å². The molecule has 5 heteroatoms. The number of aromatic nitrogens is 3. The van der Waals surface area contributed by atoms with Crippen LogP contribution in [0.5, 0.6) is 0 Å². The molecule has 52 valence electrons. The highest BCUT2D eigenvalue weighted by atomic mass is 35.5. The number of halogens is 1. The third kappa shape index (κ3) is 1.99. The van der Waals surface area contributed by atoms with Crippen molar-refractivity contribution in [3.63, 3.8) is 0 Å². The van der Waals surface area contributed by atoms with Crippen molar-refractivity contribution in [2.75, 3.05) is 0 Å². The molecule has 0 atom stereocenters. The fourth-order valence-electron chi connectivity index (χ4n) is 0.477. The molecule has 0 aliphatic heterocycles. The molecule has 0 amide bonds. The van der Waals surface area contributed by atoms with Gasteiger partial charge in [-0.15, -0.1) is 12.4 Å².